The highest BCUT2D eigenvalue weighted by Gasteiger charge is 2.37. The SMILES string of the molecule is C[C@@]12CCC(=O)C=C1CCN(Cc1ccccc1)C2. The Bertz CT molecular complexity index is 505. The third-order valence-corrected chi connectivity index (χ3v) is 4.55. The summed E-state index contributed by atoms with van der Waals surface area (Å²) in [6.45, 7) is 5.50. The van der Waals surface area contributed by atoms with E-state index in [0.717, 1.165) is 38.9 Å². The van der Waals surface area contributed by atoms with Crippen LogP contribution in [0.1, 0.15) is 31.7 Å². The van der Waals surface area contributed by atoms with Crippen LogP contribution in [0.25, 0.3) is 0 Å². The molecule has 0 N–H and O–H groups in total. The van der Waals surface area contributed by atoms with Crippen molar-refractivity contribution in [1.29, 1.82) is 0 Å². The number of ketones is 1. The van der Waals surface area contributed by atoms with Crippen molar-refractivity contribution in [3.8, 4) is 0 Å². The van der Waals surface area contributed by atoms with E-state index in [4.69, 9.17) is 0 Å². The summed E-state index contributed by atoms with van der Waals surface area (Å²) in [7, 11) is 0. The summed E-state index contributed by atoms with van der Waals surface area (Å²) in [6, 6.07) is 10.7. The molecule has 2 heteroatoms. The summed E-state index contributed by atoms with van der Waals surface area (Å²) in [5, 5.41) is 0. The smallest absolute Gasteiger partial charge is 0.155 e. The lowest BCUT2D eigenvalue weighted by molar-refractivity contribution is -0.116. The molecule has 1 aromatic carbocycles. The van der Waals surface area contributed by atoms with E-state index in [-0.39, 0.29) is 5.41 Å². The van der Waals surface area contributed by atoms with Crippen molar-refractivity contribution in [3.05, 3.63) is 47.5 Å². The zero-order valence-corrected chi connectivity index (χ0v) is 11.6. The molecule has 0 radical (unpaired) electrons. The summed E-state index contributed by atoms with van der Waals surface area (Å²) < 4.78 is 0. The van der Waals surface area contributed by atoms with Crippen LogP contribution >= 0.6 is 0 Å². The van der Waals surface area contributed by atoms with Crippen LogP contribution in [-0.2, 0) is 11.3 Å². The predicted octanol–water partition coefficient (Wildman–Crippen LogP) is 3.19. The first kappa shape index (κ1) is 12.6. The second-order valence-corrected chi connectivity index (χ2v) is 6.14. The second-order valence-electron chi connectivity index (χ2n) is 6.14. The van der Waals surface area contributed by atoms with Gasteiger partial charge in [-0.2, -0.15) is 0 Å². The largest absolute Gasteiger partial charge is 0.298 e. The van der Waals surface area contributed by atoms with Gasteiger partial charge in [-0.1, -0.05) is 42.8 Å². The van der Waals surface area contributed by atoms with Gasteiger partial charge in [0.15, 0.2) is 5.78 Å². The fourth-order valence-electron chi connectivity index (χ4n) is 3.38. The third kappa shape index (κ3) is 2.64. The van der Waals surface area contributed by atoms with Crippen LogP contribution in [0.15, 0.2) is 42.0 Å². The average Bonchev–Trinajstić information content (AvgIpc) is 2.41. The van der Waals surface area contributed by atoms with Gasteiger partial charge in [0.1, 0.15) is 0 Å². The fraction of sp³-hybridized carbons (Fsp3) is 0.471. The highest BCUT2D eigenvalue weighted by molar-refractivity contribution is 5.91. The van der Waals surface area contributed by atoms with E-state index in [9.17, 15) is 4.79 Å². The molecule has 1 fully saturated rings. The molecule has 100 valence electrons. The molecule has 0 amide bonds. The number of fused-ring (bicyclic) bond motifs is 1. The summed E-state index contributed by atoms with van der Waals surface area (Å²) in [4.78, 5) is 14.1. The number of nitrogens with zero attached hydrogens (tertiary/aromatic N) is 1. The topological polar surface area (TPSA) is 20.3 Å². The number of hydrogen-bond donors (Lipinski definition) is 0. The first-order valence-corrected chi connectivity index (χ1v) is 7.16. The number of piperidine rings is 1. The number of benzene rings is 1. The van der Waals surface area contributed by atoms with E-state index < -0.39 is 0 Å². The van der Waals surface area contributed by atoms with Gasteiger partial charge in [0, 0.05) is 31.5 Å². The highest BCUT2D eigenvalue weighted by atomic mass is 16.1. The summed E-state index contributed by atoms with van der Waals surface area (Å²) in [5.74, 6) is 0.323. The van der Waals surface area contributed by atoms with Crippen molar-refractivity contribution < 1.29 is 4.79 Å². The van der Waals surface area contributed by atoms with E-state index >= 15 is 0 Å². The first-order valence-electron chi connectivity index (χ1n) is 7.16. The summed E-state index contributed by atoms with van der Waals surface area (Å²) >= 11 is 0. The molecule has 1 heterocycles. The number of hydrogen-bond acceptors (Lipinski definition) is 2. The molecular weight excluding hydrogens is 234 g/mol. The van der Waals surface area contributed by atoms with E-state index in [1.807, 2.05) is 6.08 Å². The molecule has 1 aromatic rings. The average molecular weight is 255 g/mol. The molecule has 0 saturated carbocycles. The van der Waals surface area contributed by atoms with Crippen molar-refractivity contribution in [2.24, 2.45) is 5.41 Å². The number of carbonyl (C=O) groups is 1. The molecule has 2 nitrogen and oxygen atoms in total. The Morgan fingerprint density at radius 1 is 1.21 bits per heavy atom. The molecule has 1 saturated heterocycles. The van der Waals surface area contributed by atoms with E-state index in [1.54, 1.807) is 0 Å². The van der Waals surface area contributed by atoms with Gasteiger partial charge >= 0.3 is 0 Å². The highest BCUT2D eigenvalue weighted by Crippen LogP contribution is 2.41. The molecule has 2 aliphatic rings. The van der Waals surface area contributed by atoms with Crippen molar-refractivity contribution >= 4 is 5.78 Å². The lowest BCUT2D eigenvalue weighted by Gasteiger charge is -2.44. The van der Waals surface area contributed by atoms with Crippen molar-refractivity contribution in [3.63, 3.8) is 0 Å². The lowest BCUT2D eigenvalue weighted by Crippen LogP contribution is -2.44. The number of likely N-dealkylation sites (tertiary alicyclic amines) is 1. The van der Waals surface area contributed by atoms with E-state index in [0.29, 0.717) is 5.78 Å². The maximum absolute atomic E-state index is 11.5. The Morgan fingerprint density at radius 3 is 2.79 bits per heavy atom. The van der Waals surface area contributed by atoms with Crippen LogP contribution < -0.4 is 0 Å². The van der Waals surface area contributed by atoms with Crippen LogP contribution in [0, 0.1) is 5.41 Å². The van der Waals surface area contributed by atoms with Gasteiger partial charge < -0.3 is 0 Å². The molecule has 1 aliphatic carbocycles. The predicted molar refractivity (Wildman–Crippen MR) is 76.8 cm³/mol. The van der Waals surface area contributed by atoms with Crippen molar-refractivity contribution in [2.75, 3.05) is 13.1 Å². The van der Waals surface area contributed by atoms with Gasteiger partial charge in [-0.05, 0) is 24.5 Å². The molecule has 0 aromatic heterocycles. The molecule has 0 bridgehead atoms. The Kier molecular flexibility index (Phi) is 3.28. The van der Waals surface area contributed by atoms with Crippen LogP contribution in [0.3, 0.4) is 0 Å². The van der Waals surface area contributed by atoms with Crippen LogP contribution in [0.2, 0.25) is 0 Å². The zero-order valence-electron chi connectivity index (χ0n) is 11.6. The third-order valence-electron chi connectivity index (χ3n) is 4.55. The van der Waals surface area contributed by atoms with Gasteiger partial charge in [-0.25, -0.2) is 0 Å². The molecule has 1 atom stereocenters. The van der Waals surface area contributed by atoms with Gasteiger partial charge in [0.05, 0.1) is 0 Å². The lowest BCUT2D eigenvalue weighted by atomic mass is 9.70. The number of carbonyl (C=O) groups excluding carboxylic acids is 1. The molecule has 1 aliphatic heterocycles. The quantitative estimate of drug-likeness (QED) is 0.809. The number of rotatable bonds is 2. The minimum Gasteiger partial charge on any atom is -0.298 e. The molecule has 0 spiro atoms. The van der Waals surface area contributed by atoms with Gasteiger partial charge in [0.25, 0.3) is 0 Å². The molecule has 3 rings (SSSR count). The zero-order chi connectivity index (χ0) is 13.3. The Hall–Kier alpha value is -1.41. The van der Waals surface area contributed by atoms with Crippen LogP contribution in [0.5, 0.6) is 0 Å². The van der Waals surface area contributed by atoms with Crippen molar-refractivity contribution in [2.45, 2.75) is 32.7 Å². The van der Waals surface area contributed by atoms with E-state index in [1.165, 1.54) is 11.1 Å². The second kappa shape index (κ2) is 4.93. The molecule has 19 heavy (non-hydrogen) atoms. The monoisotopic (exact) mass is 255 g/mol. The van der Waals surface area contributed by atoms with Gasteiger partial charge in [-0.15, -0.1) is 0 Å². The standard InChI is InChI=1S/C17H21NO/c1-17-9-7-16(19)11-15(17)8-10-18(13-17)12-14-5-3-2-4-6-14/h2-6,11H,7-10,12-13H2,1H3/t17-/m0/s1. The summed E-state index contributed by atoms with van der Waals surface area (Å²) in [5.41, 5.74) is 2.99. The van der Waals surface area contributed by atoms with E-state index in [2.05, 4.69) is 42.2 Å². The normalized spacial score (nSPS) is 27.8. The maximum Gasteiger partial charge on any atom is 0.155 e. The molecular formula is C17H21NO. The van der Waals surface area contributed by atoms with Crippen LogP contribution in [0.4, 0.5) is 0 Å². The Morgan fingerprint density at radius 2 is 2.00 bits per heavy atom. The van der Waals surface area contributed by atoms with Gasteiger partial charge in [0.2, 0.25) is 0 Å². The minimum absolute atomic E-state index is 0.223. The summed E-state index contributed by atoms with van der Waals surface area (Å²) in [6.07, 6.45) is 4.71. The minimum atomic E-state index is 0.223. The first-order chi connectivity index (χ1) is 9.16. The van der Waals surface area contributed by atoms with Crippen LogP contribution in [-0.4, -0.2) is 23.8 Å². The molecule has 0 unspecified atom stereocenters. The Balaban J connectivity index is 1.72. The fourth-order valence-corrected chi connectivity index (χ4v) is 3.38. The van der Waals surface area contributed by atoms with Gasteiger partial charge in [-0.3, -0.25) is 9.69 Å². The number of allylic oxidation sites excluding steroid dienone is 1. The maximum atomic E-state index is 11.5. The Labute approximate surface area is 115 Å². The van der Waals surface area contributed by atoms with Crippen molar-refractivity contribution in [1.82, 2.24) is 4.90 Å².